The smallest absolute Gasteiger partial charge is 0.220 e. The second kappa shape index (κ2) is 10.4. The lowest BCUT2D eigenvalue weighted by Gasteiger charge is -2.28. The van der Waals surface area contributed by atoms with Crippen LogP contribution in [0, 0.1) is 17.8 Å². The Kier molecular flexibility index (Phi) is 9.34. The molecule has 1 amide bonds. The first-order valence-electron chi connectivity index (χ1n) is 8.73. The molecule has 21 heavy (non-hydrogen) atoms. The molecule has 4 heteroatoms. The maximum Gasteiger partial charge on any atom is 0.220 e. The van der Waals surface area contributed by atoms with Crippen molar-refractivity contribution in [3.63, 3.8) is 0 Å². The van der Waals surface area contributed by atoms with Gasteiger partial charge in [-0.15, -0.1) is 12.4 Å². The van der Waals surface area contributed by atoms with Gasteiger partial charge in [-0.1, -0.05) is 32.6 Å². The Morgan fingerprint density at radius 2 is 1.81 bits per heavy atom. The van der Waals surface area contributed by atoms with Crippen LogP contribution in [-0.2, 0) is 4.79 Å². The Morgan fingerprint density at radius 1 is 1.10 bits per heavy atom. The Hall–Kier alpha value is -0.280. The highest BCUT2D eigenvalue weighted by Crippen LogP contribution is 2.31. The van der Waals surface area contributed by atoms with Gasteiger partial charge in [-0.3, -0.25) is 4.79 Å². The van der Waals surface area contributed by atoms with Gasteiger partial charge in [0.15, 0.2) is 0 Å². The number of amides is 1. The topological polar surface area (TPSA) is 41.1 Å². The van der Waals surface area contributed by atoms with Gasteiger partial charge in [-0.05, 0) is 56.5 Å². The van der Waals surface area contributed by atoms with E-state index in [9.17, 15) is 4.79 Å². The van der Waals surface area contributed by atoms with E-state index in [0.717, 1.165) is 50.2 Å². The molecular formula is C17H33ClN2O. The van der Waals surface area contributed by atoms with Crippen LogP contribution in [-0.4, -0.2) is 25.5 Å². The highest BCUT2D eigenvalue weighted by atomic mass is 35.5. The zero-order chi connectivity index (χ0) is 14.2. The molecule has 1 saturated carbocycles. The van der Waals surface area contributed by atoms with Crippen molar-refractivity contribution < 1.29 is 4.79 Å². The number of carbonyl (C=O) groups is 1. The SMILES string of the molecule is CC1CCCCC1CCNC(=O)CCC1CCNCC1.Cl. The Balaban J connectivity index is 0.00000220. The second-order valence-corrected chi connectivity index (χ2v) is 6.89. The van der Waals surface area contributed by atoms with Crippen LogP contribution in [0.4, 0.5) is 0 Å². The van der Waals surface area contributed by atoms with Crippen molar-refractivity contribution in [2.45, 2.75) is 64.7 Å². The molecule has 2 fully saturated rings. The largest absolute Gasteiger partial charge is 0.356 e. The molecule has 2 rings (SSSR count). The molecule has 2 aliphatic rings. The molecule has 2 atom stereocenters. The van der Waals surface area contributed by atoms with Gasteiger partial charge < -0.3 is 10.6 Å². The van der Waals surface area contributed by atoms with Crippen molar-refractivity contribution in [3.05, 3.63) is 0 Å². The van der Waals surface area contributed by atoms with E-state index in [-0.39, 0.29) is 18.3 Å². The molecule has 0 aromatic heterocycles. The predicted molar refractivity (Wildman–Crippen MR) is 90.8 cm³/mol. The van der Waals surface area contributed by atoms with Gasteiger partial charge in [0.25, 0.3) is 0 Å². The highest BCUT2D eigenvalue weighted by molar-refractivity contribution is 5.85. The number of carbonyl (C=O) groups excluding carboxylic acids is 1. The molecule has 0 aromatic rings. The molecule has 1 aliphatic carbocycles. The Morgan fingerprint density at radius 3 is 2.52 bits per heavy atom. The van der Waals surface area contributed by atoms with Gasteiger partial charge in [-0.2, -0.15) is 0 Å². The van der Waals surface area contributed by atoms with Crippen LogP contribution in [0.1, 0.15) is 64.7 Å². The highest BCUT2D eigenvalue weighted by Gasteiger charge is 2.21. The summed E-state index contributed by atoms with van der Waals surface area (Å²) in [6.45, 7) is 5.53. The molecule has 0 bridgehead atoms. The number of nitrogens with one attached hydrogen (secondary N) is 2. The van der Waals surface area contributed by atoms with E-state index < -0.39 is 0 Å². The van der Waals surface area contributed by atoms with Gasteiger partial charge in [0.2, 0.25) is 5.91 Å². The van der Waals surface area contributed by atoms with Crippen molar-refractivity contribution in [2.75, 3.05) is 19.6 Å². The number of rotatable bonds is 6. The molecule has 1 heterocycles. The van der Waals surface area contributed by atoms with Crippen molar-refractivity contribution in [3.8, 4) is 0 Å². The third kappa shape index (κ3) is 7.01. The number of piperidine rings is 1. The maximum atomic E-state index is 11.9. The normalized spacial score (nSPS) is 26.9. The molecule has 2 N–H and O–H groups in total. The van der Waals surface area contributed by atoms with Gasteiger partial charge >= 0.3 is 0 Å². The minimum absolute atomic E-state index is 0. The fourth-order valence-electron chi connectivity index (χ4n) is 3.81. The van der Waals surface area contributed by atoms with Crippen molar-refractivity contribution >= 4 is 18.3 Å². The van der Waals surface area contributed by atoms with Crippen LogP contribution in [0.5, 0.6) is 0 Å². The fourth-order valence-corrected chi connectivity index (χ4v) is 3.81. The molecule has 0 spiro atoms. The summed E-state index contributed by atoms with van der Waals surface area (Å²) in [7, 11) is 0. The predicted octanol–water partition coefficient (Wildman–Crippen LogP) is 3.52. The molecule has 1 saturated heterocycles. The lowest BCUT2D eigenvalue weighted by molar-refractivity contribution is -0.121. The summed E-state index contributed by atoms with van der Waals surface area (Å²) in [5.41, 5.74) is 0. The second-order valence-electron chi connectivity index (χ2n) is 6.89. The molecule has 3 nitrogen and oxygen atoms in total. The maximum absolute atomic E-state index is 11.9. The number of hydrogen-bond acceptors (Lipinski definition) is 2. The average Bonchev–Trinajstić information content (AvgIpc) is 2.48. The van der Waals surface area contributed by atoms with E-state index in [1.165, 1.54) is 44.9 Å². The quantitative estimate of drug-likeness (QED) is 0.787. The van der Waals surface area contributed by atoms with E-state index in [2.05, 4.69) is 17.6 Å². The van der Waals surface area contributed by atoms with Gasteiger partial charge in [0.1, 0.15) is 0 Å². The molecule has 2 unspecified atom stereocenters. The van der Waals surface area contributed by atoms with Gasteiger partial charge in [0.05, 0.1) is 0 Å². The van der Waals surface area contributed by atoms with Gasteiger partial charge in [0, 0.05) is 13.0 Å². The molecular weight excluding hydrogens is 284 g/mol. The third-order valence-electron chi connectivity index (χ3n) is 5.36. The zero-order valence-corrected chi connectivity index (χ0v) is 14.4. The molecule has 0 aromatic carbocycles. The standard InChI is InChI=1S/C17H32N2O.ClH/c1-14-4-2-3-5-16(14)10-13-19-17(20)7-6-15-8-11-18-12-9-15;/h14-16,18H,2-13H2,1H3,(H,19,20);1H. The minimum atomic E-state index is 0. The summed E-state index contributed by atoms with van der Waals surface area (Å²) in [4.78, 5) is 11.9. The Bertz CT molecular complexity index is 293. The summed E-state index contributed by atoms with van der Waals surface area (Å²) in [5.74, 6) is 2.73. The van der Waals surface area contributed by atoms with Crippen LogP contribution in [0.2, 0.25) is 0 Å². The zero-order valence-electron chi connectivity index (χ0n) is 13.5. The number of halogens is 1. The average molecular weight is 317 g/mol. The van der Waals surface area contributed by atoms with Crippen LogP contribution in [0.3, 0.4) is 0 Å². The Labute approximate surface area is 136 Å². The molecule has 1 aliphatic heterocycles. The molecule has 124 valence electrons. The van der Waals surface area contributed by atoms with Crippen LogP contribution >= 0.6 is 12.4 Å². The lowest BCUT2D eigenvalue weighted by Crippen LogP contribution is -2.30. The lowest BCUT2D eigenvalue weighted by atomic mass is 9.79. The monoisotopic (exact) mass is 316 g/mol. The fraction of sp³-hybridized carbons (Fsp3) is 0.941. The van der Waals surface area contributed by atoms with Crippen LogP contribution < -0.4 is 10.6 Å². The van der Waals surface area contributed by atoms with E-state index in [0.29, 0.717) is 0 Å². The molecule has 0 radical (unpaired) electrons. The first-order chi connectivity index (χ1) is 9.75. The van der Waals surface area contributed by atoms with E-state index >= 15 is 0 Å². The van der Waals surface area contributed by atoms with Crippen molar-refractivity contribution in [2.24, 2.45) is 17.8 Å². The van der Waals surface area contributed by atoms with Gasteiger partial charge in [-0.25, -0.2) is 0 Å². The summed E-state index contributed by atoms with van der Waals surface area (Å²) in [5, 5.41) is 6.51. The first-order valence-corrected chi connectivity index (χ1v) is 8.73. The summed E-state index contributed by atoms with van der Waals surface area (Å²) in [6.07, 6.45) is 11.0. The summed E-state index contributed by atoms with van der Waals surface area (Å²) < 4.78 is 0. The third-order valence-corrected chi connectivity index (χ3v) is 5.36. The van der Waals surface area contributed by atoms with E-state index in [4.69, 9.17) is 0 Å². The first kappa shape index (κ1) is 18.8. The van der Waals surface area contributed by atoms with Crippen molar-refractivity contribution in [1.82, 2.24) is 10.6 Å². The minimum Gasteiger partial charge on any atom is -0.356 e. The summed E-state index contributed by atoms with van der Waals surface area (Å²) >= 11 is 0. The summed E-state index contributed by atoms with van der Waals surface area (Å²) in [6, 6.07) is 0. The van der Waals surface area contributed by atoms with E-state index in [1.54, 1.807) is 0 Å². The van der Waals surface area contributed by atoms with E-state index in [1.807, 2.05) is 0 Å². The van der Waals surface area contributed by atoms with Crippen LogP contribution in [0.25, 0.3) is 0 Å². The number of hydrogen-bond donors (Lipinski definition) is 2. The van der Waals surface area contributed by atoms with Crippen molar-refractivity contribution in [1.29, 1.82) is 0 Å². The van der Waals surface area contributed by atoms with Crippen LogP contribution in [0.15, 0.2) is 0 Å².